The van der Waals surface area contributed by atoms with E-state index in [1.807, 2.05) is 30.3 Å². The van der Waals surface area contributed by atoms with Crippen molar-refractivity contribution in [2.45, 2.75) is 70.6 Å². The van der Waals surface area contributed by atoms with Gasteiger partial charge in [-0.3, -0.25) is 14.9 Å². The molecule has 8 heteroatoms. The Bertz CT molecular complexity index is 802. The molecule has 0 aromatic heterocycles. The standard InChI is InChI=1S/C25H37N3O5/c1-4-32-24(30)20(12-11-18-9-7-6-8-10-18)27-17(3)23(29)28-21(25(31)33-5-2)15-19-13-14-26-16-22(19)28/h6-10,17,19-22,26-27H,4-5,11-16H2,1-3H3/t17-,19+,20+,21-,22-/m0/s1. The molecule has 0 saturated carbocycles. The summed E-state index contributed by atoms with van der Waals surface area (Å²) in [5.74, 6) is -0.624. The maximum absolute atomic E-state index is 13.6. The van der Waals surface area contributed by atoms with Crippen molar-refractivity contribution in [1.29, 1.82) is 0 Å². The van der Waals surface area contributed by atoms with Crippen molar-refractivity contribution < 1.29 is 23.9 Å². The summed E-state index contributed by atoms with van der Waals surface area (Å²) in [6, 6.07) is 8.02. The van der Waals surface area contributed by atoms with Crippen molar-refractivity contribution in [2.75, 3.05) is 26.3 Å². The number of hydrogen-bond donors (Lipinski definition) is 2. The molecule has 2 heterocycles. The molecule has 5 atom stereocenters. The summed E-state index contributed by atoms with van der Waals surface area (Å²) in [6.45, 7) is 7.40. The molecule has 1 amide bonds. The van der Waals surface area contributed by atoms with Gasteiger partial charge in [-0.05, 0) is 64.5 Å². The maximum atomic E-state index is 13.6. The van der Waals surface area contributed by atoms with Gasteiger partial charge in [-0.25, -0.2) is 4.79 Å². The molecule has 3 rings (SSSR count). The van der Waals surface area contributed by atoms with Crippen LogP contribution in [-0.2, 0) is 30.3 Å². The number of nitrogens with zero attached hydrogens (tertiary/aromatic N) is 1. The number of fused-ring (bicyclic) bond motifs is 1. The van der Waals surface area contributed by atoms with Gasteiger partial charge in [0.2, 0.25) is 5.91 Å². The highest BCUT2D eigenvalue weighted by Crippen LogP contribution is 2.35. The van der Waals surface area contributed by atoms with Gasteiger partial charge < -0.3 is 19.7 Å². The quantitative estimate of drug-likeness (QED) is 0.514. The Labute approximate surface area is 196 Å². The first-order valence-corrected chi connectivity index (χ1v) is 12.1. The SMILES string of the molecule is CCOC(=O)[C@@H](CCc1ccccc1)N[C@@H](C)C(=O)N1[C@H](C(=O)OCC)C[C@H]2CCNC[C@@H]21. The number of hydrogen-bond acceptors (Lipinski definition) is 7. The van der Waals surface area contributed by atoms with E-state index in [2.05, 4.69) is 10.6 Å². The Balaban J connectivity index is 1.72. The predicted octanol–water partition coefficient (Wildman–Crippen LogP) is 1.67. The minimum atomic E-state index is -0.646. The molecule has 0 radical (unpaired) electrons. The first-order chi connectivity index (χ1) is 16.0. The second-order valence-electron chi connectivity index (χ2n) is 8.79. The Morgan fingerprint density at radius 3 is 2.58 bits per heavy atom. The van der Waals surface area contributed by atoms with Gasteiger partial charge in [0.1, 0.15) is 12.1 Å². The number of aryl methyl sites for hydroxylation is 1. The van der Waals surface area contributed by atoms with Crippen molar-refractivity contribution in [1.82, 2.24) is 15.5 Å². The molecule has 2 saturated heterocycles. The summed E-state index contributed by atoms with van der Waals surface area (Å²) in [5.41, 5.74) is 1.12. The Morgan fingerprint density at radius 2 is 1.88 bits per heavy atom. The fraction of sp³-hybridized carbons (Fsp3) is 0.640. The average molecular weight is 460 g/mol. The monoisotopic (exact) mass is 459 g/mol. The number of carbonyl (C=O) groups excluding carboxylic acids is 3. The maximum Gasteiger partial charge on any atom is 0.328 e. The van der Waals surface area contributed by atoms with Gasteiger partial charge >= 0.3 is 11.9 Å². The van der Waals surface area contributed by atoms with Crippen LogP contribution in [0.4, 0.5) is 0 Å². The van der Waals surface area contributed by atoms with E-state index in [9.17, 15) is 14.4 Å². The van der Waals surface area contributed by atoms with E-state index in [0.717, 1.165) is 18.5 Å². The van der Waals surface area contributed by atoms with E-state index in [1.54, 1.807) is 25.7 Å². The second kappa shape index (κ2) is 12.1. The number of carbonyl (C=O) groups is 3. The van der Waals surface area contributed by atoms with E-state index >= 15 is 0 Å². The topological polar surface area (TPSA) is 97.0 Å². The number of nitrogens with one attached hydrogen (secondary N) is 2. The van der Waals surface area contributed by atoms with Crippen molar-refractivity contribution in [2.24, 2.45) is 5.92 Å². The molecule has 2 N–H and O–H groups in total. The molecule has 1 aromatic carbocycles. The fourth-order valence-corrected chi connectivity index (χ4v) is 4.96. The summed E-state index contributed by atoms with van der Waals surface area (Å²) >= 11 is 0. The van der Waals surface area contributed by atoms with Crippen molar-refractivity contribution in [3.63, 3.8) is 0 Å². The van der Waals surface area contributed by atoms with Crippen LogP contribution in [0.3, 0.4) is 0 Å². The third kappa shape index (κ3) is 6.32. The molecule has 182 valence electrons. The molecule has 33 heavy (non-hydrogen) atoms. The predicted molar refractivity (Wildman–Crippen MR) is 124 cm³/mol. The van der Waals surface area contributed by atoms with Crippen LogP contribution in [0.2, 0.25) is 0 Å². The van der Waals surface area contributed by atoms with Crippen LogP contribution in [0, 0.1) is 5.92 Å². The molecule has 8 nitrogen and oxygen atoms in total. The zero-order chi connectivity index (χ0) is 23.8. The molecular weight excluding hydrogens is 422 g/mol. The average Bonchev–Trinajstić information content (AvgIpc) is 3.21. The first-order valence-electron chi connectivity index (χ1n) is 12.1. The van der Waals surface area contributed by atoms with Crippen molar-refractivity contribution in [3.05, 3.63) is 35.9 Å². The largest absolute Gasteiger partial charge is 0.465 e. The van der Waals surface area contributed by atoms with Gasteiger partial charge in [-0.1, -0.05) is 30.3 Å². The van der Waals surface area contributed by atoms with E-state index in [4.69, 9.17) is 9.47 Å². The summed E-state index contributed by atoms with van der Waals surface area (Å²) in [7, 11) is 0. The van der Waals surface area contributed by atoms with Crippen LogP contribution in [0.1, 0.15) is 45.6 Å². The van der Waals surface area contributed by atoms with E-state index in [0.29, 0.717) is 25.8 Å². The molecule has 1 aromatic rings. The van der Waals surface area contributed by atoms with Gasteiger partial charge in [0.05, 0.1) is 19.3 Å². The molecular formula is C25H37N3O5. The highest BCUT2D eigenvalue weighted by atomic mass is 16.5. The number of benzene rings is 1. The van der Waals surface area contributed by atoms with Crippen molar-refractivity contribution >= 4 is 17.8 Å². The normalized spacial score (nSPS) is 24.0. The van der Waals surface area contributed by atoms with E-state index in [1.165, 1.54) is 0 Å². The Morgan fingerprint density at radius 1 is 1.15 bits per heavy atom. The minimum absolute atomic E-state index is 0.0460. The minimum Gasteiger partial charge on any atom is -0.465 e. The zero-order valence-corrected chi connectivity index (χ0v) is 19.9. The Hall–Kier alpha value is -2.45. The van der Waals surface area contributed by atoms with Gasteiger partial charge in [-0.2, -0.15) is 0 Å². The molecule has 0 spiro atoms. The number of rotatable bonds is 10. The number of piperidine rings is 1. The van der Waals surface area contributed by atoms with E-state index < -0.39 is 18.1 Å². The molecule has 0 aliphatic carbocycles. The highest BCUT2D eigenvalue weighted by Gasteiger charge is 2.49. The number of esters is 2. The van der Waals surface area contributed by atoms with Gasteiger partial charge in [0, 0.05) is 12.6 Å². The number of amides is 1. The lowest BCUT2D eigenvalue weighted by molar-refractivity contribution is -0.155. The van der Waals surface area contributed by atoms with E-state index in [-0.39, 0.29) is 43.0 Å². The second-order valence-corrected chi connectivity index (χ2v) is 8.79. The lowest BCUT2D eigenvalue weighted by Gasteiger charge is -2.36. The molecule has 2 aliphatic rings. The third-order valence-electron chi connectivity index (χ3n) is 6.58. The smallest absolute Gasteiger partial charge is 0.328 e. The lowest BCUT2D eigenvalue weighted by Crippen LogP contribution is -2.58. The van der Waals surface area contributed by atoms with Crippen LogP contribution in [0.15, 0.2) is 30.3 Å². The highest BCUT2D eigenvalue weighted by molar-refractivity contribution is 5.89. The van der Waals surface area contributed by atoms with Gasteiger partial charge in [-0.15, -0.1) is 0 Å². The van der Waals surface area contributed by atoms with Crippen LogP contribution in [-0.4, -0.2) is 73.2 Å². The summed E-state index contributed by atoms with van der Waals surface area (Å²) in [6.07, 6.45) is 2.74. The summed E-state index contributed by atoms with van der Waals surface area (Å²) in [5, 5.41) is 6.54. The molecule has 0 unspecified atom stereocenters. The molecule has 0 bridgehead atoms. The number of likely N-dealkylation sites (tertiary alicyclic amines) is 1. The third-order valence-corrected chi connectivity index (χ3v) is 6.58. The lowest BCUT2D eigenvalue weighted by atomic mass is 9.92. The summed E-state index contributed by atoms with van der Waals surface area (Å²) < 4.78 is 10.5. The number of ether oxygens (including phenoxy) is 2. The van der Waals surface area contributed by atoms with Gasteiger partial charge in [0.25, 0.3) is 0 Å². The molecule has 2 aliphatic heterocycles. The zero-order valence-electron chi connectivity index (χ0n) is 19.9. The summed E-state index contributed by atoms with van der Waals surface area (Å²) in [4.78, 5) is 40.6. The van der Waals surface area contributed by atoms with Crippen LogP contribution in [0.5, 0.6) is 0 Å². The van der Waals surface area contributed by atoms with Crippen LogP contribution in [0.25, 0.3) is 0 Å². The van der Waals surface area contributed by atoms with Gasteiger partial charge in [0.15, 0.2) is 0 Å². The van der Waals surface area contributed by atoms with Crippen LogP contribution < -0.4 is 10.6 Å². The fourth-order valence-electron chi connectivity index (χ4n) is 4.96. The van der Waals surface area contributed by atoms with Crippen molar-refractivity contribution in [3.8, 4) is 0 Å². The van der Waals surface area contributed by atoms with Crippen LogP contribution >= 0.6 is 0 Å². The molecule has 2 fully saturated rings. The Kier molecular flexibility index (Phi) is 9.26. The first kappa shape index (κ1) is 25.2.